The number of carbonyl (C=O) groups excluding carboxylic acids is 1. The molecule has 2 aromatic rings. The molecule has 0 spiro atoms. The van der Waals surface area contributed by atoms with E-state index in [1.54, 1.807) is 16.7 Å². The number of likely N-dealkylation sites (N-methyl/N-ethyl adjacent to an activating group) is 1. The number of para-hydroxylation sites is 1. The van der Waals surface area contributed by atoms with Crippen LogP contribution in [0.4, 0.5) is 0 Å². The third-order valence-electron chi connectivity index (χ3n) is 3.44. The summed E-state index contributed by atoms with van der Waals surface area (Å²) in [6, 6.07) is 18.1. The number of hydrogen-bond acceptors (Lipinski definition) is 3. The van der Waals surface area contributed by atoms with Crippen molar-refractivity contribution in [2.75, 3.05) is 26.0 Å². The van der Waals surface area contributed by atoms with E-state index >= 15 is 0 Å². The Morgan fingerprint density at radius 3 is 2.65 bits per heavy atom. The van der Waals surface area contributed by atoms with Crippen molar-refractivity contribution in [2.24, 2.45) is 0 Å². The molecule has 0 aliphatic heterocycles. The summed E-state index contributed by atoms with van der Waals surface area (Å²) in [5.41, 5.74) is 2.52. The highest BCUT2D eigenvalue weighted by molar-refractivity contribution is 7.99. The third-order valence-corrected chi connectivity index (χ3v) is 4.43. The molecule has 23 heavy (non-hydrogen) atoms. The zero-order valence-electron chi connectivity index (χ0n) is 13.7. The summed E-state index contributed by atoms with van der Waals surface area (Å²) in [6.07, 6.45) is 0. The van der Waals surface area contributed by atoms with E-state index in [1.165, 1.54) is 11.1 Å². The van der Waals surface area contributed by atoms with Crippen LogP contribution in [-0.4, -0.2) is 36.8 Å². The second-order valence-corrected chi connectivity index (χ2v) is 6.44. The van der Waals surface area contributed by atoms with E-state index in [0.29, 0.717) is 18.9 Å². The van der Waals surface area contributed by atoms with Gasteiger partial charge in [-0.25, -0.2) is 0 Å². The van der Waals surface area contributed by atoms with Gasteiger partial charge in [0, 0.05) is 12.8 Å². The van der Waals surface area contributed by atoms with Crippen molar-refractivity contribution in [3.8, 4) is 5.75 Å². The molecular weight excluding hydrogens is 306 g/mol. The Kier molecular flexibility index (Phi) is 7.01. The largest absolute Gasteiger partial charge is 0.492 e. The molecule has 0 fully saturated rings. The summed E-state index contributed by atoms with van der Waals surface area (Å²) in [7, 11) is 1.82. The maximum Gasteiger partial charge on any atom is 0.232 e. The second kappa shape index (κ2) is 9.26. The normalized spacial score (nSPS) is 10.3. The summed E-state index contributed by atoms with van der Waals surface area (Å²) in [5.74, 6) is 2.33. The molecule has 0 saturated carbocycles. The molecule has 0 heterocycles. The number of benzene rings is 2. The van der Waals surface area contributed by atoms with Crippen molar-refractivity contribution in [1.82, 2.24) is 4.90 Å². The molecule has 0 radical (unpaired) electrons. The molecule has 1 amide bonds. The van der Waals surface area contributed by atoms with Gasteiger partial charge < -0.3 is 9.64 Å². The molecular formula is C19H23NO2S. The SMILES string of the molecule is Cc1cccc(CSCC(=O)N(C)CCOc2ccccc2)c1. The Bertz CT molecular complexity index is 616. The lowest BCUT2D eigenvalue weighted by Crippen LogP contribution is -2.32. The van der Waals surface area contributed by atoms with Crippen LogP contribution in [0.2, 0.25) is 0 Å². The van der Waals surface area contributed by atoms with Gasteiger partial charge in [-0.1, -0.05) is 48.0 Å². The Labute approximate surface area is 142 Å². The van der Waals surface area contributed by atoms with E-state index in [4.69, 9.17) is 4.74 Å². The van der Waals surface area contributed by atoms with E-state index in [9.17, 15) is 4.79 Å². The molecule has 0 bridgehead atoms. The van der Waals surface area contributed by atoms with Gasteiger partial charge in [-0.15, -0.1) is 11.8 Å². The average molecular weight is 329 g/mol. The smallest absolute Gasteiger partial charge is 0.232 e. The Hall–Kier alpha value is -1.94. The highest BCUT2D eigenvalue weighted by Gasteiger charge is 2.09. The first kappa shape index (κ1) is 17.4. The molecule has 0 aliphatic carbocycles. The van der Waals surface area contributed by atoms with Crippen LogP contribution in [0.5, 0.6) is 5.75 Å². The number of ether oxygens (including phenoxy) is 1. The minimum Gasteiger partial charge on any atom is -0.492 e. The fourth-order valence-electron chi connectivity index (χ4n) is 2.11. The molecule has 4 heteroatoms. The van der Waals surface area contributed by atoms with E-state index in [2.05, 4.69) is 31.2 Å². The standard InChI is InChI=1S/C19H23NO2S/c1-16-7-6-8-17(13-16)14-23-15-19(21)20(2)11-12-22-18-9-4-3-5-10-18/h3-10,13H,11-12,14-15H2,1-2H3. The van der Waals surface area contributed by atoms with Gasteiger partial charge in [0.05, 0.1) is 12.3 Å². The first-order valence-electron chi connectivity index (χ1n) is 7.70. The van der Waals surface area contributed by atoms with Crippen LogP contribution in [-0.2, 0) is 10.5 Å². The van der Waals surface area contributed by atoms with Gasteiger partial charge in [0.1, 0.15) is 12.4 Å². The average Bonchev–Trinajstić information content (AvgIpc) is 2.55. The van der Waals surface area contributed by atoms with Crippen molar-refractivity contribution in [3.63, 3.8) is 0 Å². The van der Waals surface area contributed by atoms with E-state index in [1.807, 2.05) is 37.4 Å². The monoisotopic (exact) mass is 329 g/mol. The number of aryl methyl sites for hydroxylation is 1. The third kappa shape index (κ3) is 6.37. The lowest BCUT2D eigenvalue weighted by atomic mass is 10.2. The molecule has 2 aromatic carbocycles. The van der Waals surface area contributed by atoms with Crippen LogP contribution in [0, 0.1) is 6.92 Å². The summed E-state index contributed by atoms with van der Waals surface area (Å²) >= 11 is 1.65. The molecule has 2 rings (SSSR count). The van der Waals surface area contributed by atoms with E-state index < -0.39 is 0 Å². The van der Waals surface area contributed by atoms with Gasteiger partial charge in [-0.2, -0.15) is 0 Å². The van der Waals surface area contributed by atoms with Crippen molar-refractivity contribution >= 4 is 17.7 Å². The summed E-state index contributed by atoms with van der Waals surface area (Å²) in [4.78, 5) is 13.8. The predicted molar refractivity (Wildman–Crippen MR) is 96.9 cm³/mol. The predicted octanol–water partition coefficient (Wildman–Crippen LogP) is 3.77. The lowest BCUT2D eigenvalue weighted by Gasteiger charge is -2.17. The van der Waals surface area contributed by atoms with Crippen molar-refractivity contribution in [1.29, 1.82) is 0 Å². The maximum absolute atomic E-state index is 12.1. The number of rotatable bonds is 8. The van der Waals surface area contributed by atoms with Gasteiger partial charge in [0.15, 0.2) is 0 Å². The Balaban J connectivity index is 1.64. The molecule has 0 atom stereocenters. The number of amides is 1. The maximum atomic E-state index is 12.1. The zero-order valence-corrected chi connectivity index (χ0v) is 14.5. The van der Waals surface area contributed by atoms with Crippen molar-refractivity contribution in [3.05, 3.63) is 65.7 Å². The van der Waals surface area contributed by atoms with Crippen LogP contribution >= 0.6 is 11.8 Å². The summed E-state index contributed by atoms with van der Waals surface area (Å²) in [5, 5.41) is 0. The van der Waals surface area contributed by atoms with Crippen LogP contribution in [0.25, 0.3) is 0 Å². The summed E-state index contributed by atoms with van der Waals surface area (Å²) in [6.45, 7) is 3.19. The van der Waals surface area contributed by atoms with Crippen LogP contribution < -0.4 is 4.74 Å². The zero-order chi connectivity index (χ0) is 16.5. The van der Waals surface area contributed by atoms with Gasteiger partial charge in [-0.3, -0.25) is 4.79 Å². The van der Waals surface area contributed by atoms with Crippen molar-refractivity contribution < 1.29 is 9.53 Å². The number of nitrogens with zero attached hydrogens (tertiary/aromatic N) is 1. The minimum atomic E-state index is 0.138. The van der Waals surface area contributed by atoms with E-state index in [-0.39, 0.29) is 5.91 Å². The van der Waals surface area contributed by atoms with Gasteiger partial charge in [0.2, 0.25) is 5.91 Å². The highest BCUT2D eigenvalue weighted by atomic mass is 32.2. The van der Waals surface area contributed by atoms with Crippen LogP contribution in [0.3, 0.4) is 0 Å². The van der Waals surface area contributed by atoms with Crippen LogP contribution in [0.15, 0.2) is 54.6 Å². The molecule has 0 N–H and O–H groups in total. The van der Waals surface area contributed by atoms with Crippen LogP contribution in [0.1, 0.15) is 11.1 Å². The Morgan fingerprint density at radius 1 is 1.13 bits per heavy atom. The molecule has 0 unspecified atom stereocenters. The topological polar surface area (TPSA) is 29.5 Å². The molecule has 0 saturated heterocycles. The van der Waals surface area contributed by atoms with Crippen molar-refractivity contribution in [2.45, 2.75) is 12.7 Å². The molecule has 0 aliphatic rings. The number of thioether (sulfide) groups is 1. The number of carbonyl (C=O) groups is 1. The van der Waals surface area contributed by atoms with Gasteiger partial charge in [-0.05, 0) is 24.6 Å². The molecule has 3 nitrogen and oxygen atoms in total. The molecule has 122 valence electrons. The first-order chi connectivity index (χ1) is 11.1. The minimum absolute atomic E-state index is 0.138. The second-order valence-electron chi connectivity index (χ2n) is 5.46. The molecule has 0 aromatic heterocycles. The number of hydrogen-bond donors (Lipinski definition) is 0. The fraction of sp³-hybridized carbons (Fsp3) is 0.316. The quantitative estimate of drug-likeness (QED) is 0.738. The van der Waals surface area contributed by atoms with E-state index in [0.717, 1.165) is 11.5 Å². The van der Waals surface area contributed by atoms with Gasteiger partial charge >= 0.3 is 0 Å². The highest BCUT2D eigenvalue weighted by Crippen LogP contribution is 2.14. The fourth-order valence-corrected chi connectivity index (χ4v) is 3.02. The van der Waals surface area contributed by atoms with Gasteiger partial charge in [0.25, 0.3) is 0 Å². The summed E-state index contributed by atoms with van der Waals surface area (Å²) < 4.78 is 5.61. The lowest BCUT2D eigenvalue weighted by molar-refractivity contribution is -0.127. The Morgan fingerprint density at radius 2 is 1.91 bits per heavy atom. The first-order valence-corrected chi connectivity index (χ1v) is 8.86.